The van der Waals surface area contributed by atoms with Crippen molar-refractivity contribution >= 4 is 34.7 Å². The fourth-order valence-electron chi connectivity index (χ4n) is 1.10. The van der Waals surface area contributed by atoms with Crippen molar-refractivity contribution in [3.63, 3.8) is 0 Å². The minimum absolute atomic E-state index is 0.467. The molecule has 1 heterocycles. The van der Waals surface area contributed by atoms with Gasteiger partial charge in [-0.15, -0.1) is 5.10 Å². The Morgan fingerprint density at radius 2 is 2.29 bits per heavy atom. The quantitative estimate of drug-likeness (QED) is 0.501. The summed E-state index contributed by atoms with van der Waals surface area (Å²) in [5.74, 6) is 0.467. The SMILES string of the molecule is CC(C)=CCCNC(=S)Nc1nnccc1Cl. The van der Waals surface area contributed by atoms with Gasteiger partial charge in [0.05, 0.1) is 11.2 Å². The summed E-state index contributed by atoms with van der Waals surface area (Å²) in [6.07, 6.45) is 4.60. The van der Waals surface area contributed by atoms with Crippen molar-refractivity contribution in [1.82, 2.24) is 15.5 Å². The first-order valence-corrected chi connectivity index (χ1v) is 6.03. The number of aromatic nitrogens is 2. The van der Waals surface area contributed by atoms with Gasteiger partial charge in [0.15, 0.2) is 10.9 Å². The summed E-state index contributed by atoms with van der Waals surface area (Å²) in [7, 11) is 0. The van der Waals surface area contributed by atoms with E-state index in [9.17, 15) is 0 Å². The molecule has 0 aliphatic rings. The topological polar surface area (TPSA) is 49.8 Å². The van der Waals surface area contributed by atoms with Gasteiger partial charge in [-0.3, -0.25) is 0 Å². The van der Waals surface area contributed by atoms with Gasteiger partial charge in [-0.05, 0) is 38.6 Å². The van der Waals surface area contributed by atoms with E-state index in [0.717, 1.165) is 13.0 Å². The van der Waals surface area contributed by atoms with Crippen molar-refractivity contribution in [2.24, 2.45) is 0 Å². The molecule has 1 aromatic rings. The van der Waals surface area contributed by atoms with E-state index in [1.165, 1.54) is 11.8 Å². The molecule has 1 rings (SSSR count). The molecule has 6 heteroatoms. The summed E-state index contributed by atoms with van der Waals surface area (Å²) in [5.41, 5.74) is 1.29. The van der Waals surface area contributed by atoms with Crippen molar-refractivity contribution in [2.45, 2.75) is 20.3 Å². The fourth-order valence-corrected chi connectivity index (χ4v) is 1.44. The first-order chi connectivity index (χ1) is 8.09. The van der Waals surface area contributed by atoms with E-state index in [4.69, 9.17) is 23.8 Å². The van der Waals surface area contributed by atoms with Gasteiger partial charge < -0.3 is 10.6 Å². The zero-order valence-corrected chi connectivity index (χ0v) is 11.4. The van der Waals surface area contributed by atoms with E-state index in [-0.39, 0.29) is 0 Å². The van der Waals surface area contributed by atoms with Gasteiger partial charge >= 0.3 is 0 Å². The Morgan fingerprint density at radius 3 is 2.94 bits per heavy atom. The smallest absolute Gasteiger partial charge is 0.173 e. The fraction of sp³-hybridized carbons (Fsp3) is 0.364. The van der Waals surface area contributed by atoms with Crippen LogP contribution in [-0.2, 0) is 0 Å². The second kappa shape index (κ2) is 7.19. The van der Waals surface area contributed by atoms with E-state index >= 15 is 0 Å². The molecule has 0 fully saturated rings. The van der Waals surface area contributed by atoms with Crippen LogP contribution in [-0.4, -0.2) is 21.9 Å². The Balaban J connectivity index is 2.35. The number of halogens is 1. The molecule has 2 N–H and O–H groups in total. The van der Waals surface area contributed by atoms with Crippen LogP contribution in [0.2, 0.25) is 5.02 Å². The van der Waals surface area contributed by atoms with E-state index in [2.05, 4.69) is 40.8 Å². The standard InChI is InChI=1S/C11H15ClN4S/c1-8(2)4-3-6-13-11(17)15-10-9(12)5-7-14-16-10/h4-5,7H,3,6H2,1-2H3,(H2,13,15,16,17). The normalized spacial score (nSPS) is 9.59. The highest BCUT2D eigenvalue weighted by atomic mass is 35.5. The second-order valence-corrected chi connectivity index (χ2v) is 4.49. The van der Waals surface area contributed by atoms with Crippen LogP contribution < -0.4 is 10.6 Å². The monoisotopic (exact) mass is 270 g/mol. The van der Waals surface area contributed by atoms with E-state index in [1.54, 1.807) is 6.07 Å². The van der Waals surface area contributed by atoms with Gasteiger partial charge in [-0.25, -0.2) is 0 Å². The molecular weight excluding hydrogens is 256 g/mol. The van der Waals surface area contributed by atoms with Crippen LogP contribution in [0, 0.1) is 0 Å². The molecule has 0 atom stereocenters. The van der Waals surface area contributed by atoms with Gasteiger partial charge in [-0.2, -0.15) is 5.10 Å². The van der Waals surface area contributed by atoms with Crippen molar-refractivity contribution in [3.8, 4) is 0 Å². The lowest BCUT2D eigenvalue weighted by Gasteiger charge is -2.09. The summed E-state index contributed by atoms with van der Waals surface area (Å²) < 4.78 is 0. The van der Waals surface area contributed by atoms with E-state index in [0.29, 0.717) is 16.0 Å². The Morgan fingerprint density at radius 1 is 1.53 bits per heavy atom. The predicted molar refractivity (Wildman–Crippen MR) is 75.3 cm³/mol. The minimum Gasteiger partial charge on any atom is -0.362 e. The Kier molecular flexibility index (Phi) is 5.86. The first-order valence-electron chi connectivity index (χ1n) is 5.25. The predicted octanol–water partition coefficient (Wildman–Crippen LogP) is 2.77. The summed E-state index contributed by atoms with van der Waals surface area (Å²) in [6.45, 7) is 4.90. The van der Waals surface area contributed by atoms with Crippen LogP contribution >= 0.6 is 23.8 Å². The molecule has 0 aromatic carbocycles. The van der Waals surface area contributed by atoms with Crippen LogP contribution in [0.4, 0.5) is 5.82 Å². The zero-order chi connectivity index (χ0) is 12.7. The molecule has 0 radical (unpaired) electrons. The summed E-state index contributed by atoms with van der Waals surface area (Å²) in [5, 5.41) is 14.5. The minimum atomic E-state index is 0.467. The highest BCUT2D eigenvalue weighted by molar-refractivity contribution is 7.80. The van der Waals surface area contributed by atoms with Crippen LogP contribution in [0.1, 0.15) is 20.3 Å². The first kappa shape index (κ1) is 13.9. The summed E-state index contributed by atoms with van der Waals surface area (Å²) in [6, 6.07) is 1.66. The Hall–Kier alpha value is -1.20. The van der Waals surface area contributed by atoms with Crippen LogP contribution in [0.25, 0.3) is 0 Å². The van der Waals surface area contributed by atoms with E-state index < -0.39 is 0 Å². The third-order valence-electron chi connectivity index (χ3n) is 1.89. The van der Waals surface area contributed by atoms with Crippen molar-refractivity contribution in [1.29, 1.82) is 0 Å². The highest BCUT2D eigenvalue weighted by Gasteiger charge is 2.02. The van der Waals surface area contributed by atoms with Gasteiger partial charge in [0, 0.05) is 6.54 Å². The number of anilines is 1. The molecule has 0 aliphatic carbocycles. The van der Waals surface area contributed by atoms with Gasteiger partial charge in [0.25, 0.3) is 0 Å². The van der Waals surface area contributed by atoms with Crippen molar-refractivity contribution < 1.29 is 0 Å². The Bertz CT molecular complexity index is 416. The third-order valence-corrected chi connectivity index (χ3v) is 2.44. The highest BCUT2D eigenvalue weighted by Crippen LogP contribution is 2.15. The molecule has 92 valence electrons. The van der Waals surface area contributed by atoms with Crippen LogP contribution in [0.15, 0.2) is 23.9 Å². The molecule has 0 saturated heterocycles. The maximum atomic E-state index is 5.91. The molecule has 0 bridgehead atoms. The number of hydrogen-bond donors (Lipinski definition) is 2. The molecule has 1 aromatic heterocycles. The zero-order valence-electron chi connectivity index (χ0n) is 9.83. The average Bonchev–Trinajstić information content (AvgIpc) is 2.27. The van der Waals surface area contributed by atoms with Gasteiger partial charge in [-0.1, -0.05) is 23.3 Å². The molecule has 0 unspecified atom stereocenters. The lowest BCUT2D eigenvalue weighted by Crippen LogP contribution is -2.29. The van der Waals surface area contributed by atoms with Crippen LogP contribution in [0.3, 0.4) is 0 Å². The summed E-state index contributed by atoms with van der Waals surface area (Å²) in [4.78, 5) is 0. The van der Waals surface area contributed by atoms with E-state index in [1.807, 2.05) is 0 Å². The molecular formula is C11H15ClN4S. The molecule has 0 saturated carbocycles. The number of hydrogen-bond acceptors (Lipinski definition) is 3. The van der Waals surface area contributed by atoms with Crippen molar-refractivity contribution in [3.05, 3.63) is 28.9 Å². The molecule has 0 amide bonds. The molecule has 17 heavy (non-hydrogen) atoms. The number of nitrogens with one attached hydrogen (secondary N) is 2. The number of rotatable bonds is 4. The van der Waals surface area contributed by atoms with Crippen LogP contribution in [0.5, 0.6) is 0 Å². The summed E-state index contributed by atoms with van der Waals surface area (Å²) >= 11 is 11.0. The maximum absolute atomic E-state index is 5.91. The largest absolute Gasteiger partial charge is 0.362 e. The number of allylic oxidation sites excluding steroid dienone is 1. The second-order valence-electron chi connectivity index (χ2n) is 3.68. The Labute approximate surface area is 111 Å². The average molecular weight is 271 g/mol. The number of nitrogens with zero attached hydrogens (tertiary/aromatic N) is 2. The number of thiocarbonyl (C=S) groups is 1. The molecule has 4 nitrogen and oxygen atoms in total. The van der Waals surface area contributed by atoms with Gasteiger partial charge in [0.1, 0.15) is 0 Å². The van der Waals surface area contributed by atoms with Crippen molar-refractivity contribution in [2.75, 3.05) is 11.9 Å². The lowest BCUT2D eigenvalue weighted by molar-refractivity contribution is 0.890. The third kappa shape index (κ3) is 5.60. The maximum Gasteiger partial charge on any atom is 0.173 e. The van der Waals surface area contributed by atoms with Gasteiger partial charge in [0.2, 0.25) is 0 Å². The lowest BCUT2D eigenvalue weighted by atomic mass is 10.3. The molecule has 0 spiro atoms. The molecule has 0 aliphatic heterocycles.